The van der Waals surface area contributed by atoms with Crippen LogP contribution >= 0.6 is 11.3 Å². The lowest BCUT2D eigenvalue weighted by Crippen LogP contribution is -2.40. The van der Waals surface area contributed by atoms with Crippen LogP contribution in [-0.2, 0) is 14.8 Å². The molecule has 1 aliphatic heterocycles. The van der Waals surface area contributed by atoms with E-state index in [1.165, 1.54) is 27.8 Å². The standard InChI is InChI=1S/C22H24FN3O3S2/c1-16(2)26-21(17-3-5-18(23)6-4-17)15-30-22(26)24-19-7-9-20(10-8-19)31(27,28)25-11-13-29-14-12-25/h3-10,15-16H,11-14H2,1-2H3. The molecule has 9 heteroatoms. The molecule has 164 valence electrons. The van der Waals surface area contributed by atoms with Gasteiger partial charge in [0.25, 0.3) is 0 Å². The Bertz CT molecular complexity index is 1210. The number of sulfonamides is 1. The quantitative estimate of drug-likeness (QED) is 0.572. The summed E-state index contributed by atoms with van der Waals surface area (Å²) in [5.41, 5.74) is 2.55. The van der Waals surface area contributed by atoms with E-state index < -0.39 is 10.0 Å². The van der Waals surface area contributed by atoms with Crippen LogP contribution in [0.25, 0.3) is 11.3 Å². The largest absolute Gasteiger partial charge is 0.379 e. The van der Waals surface area contributed by atoms with Crippen molar-refractivity contribution in [2.24, 2.45) is 4.99 Å². The van der Waals surface area contributed by atoms with Crippen LogP contribution in [-0.4, -0.2) is 43.6 Å². The highest BCUT2D eigenvalue weighted by Gasteiger charge is 2.26. The van der Waals surface area contributed by atoms with Crippen LogP contribution in [0.3, 0.4) is 0 Å². The Morgan fingerprint density at radius 2 is 1.68 bits per heavy atom. The first kappa shape index (κ1) is 21.9. The summed E-state index contributed by atoms with van der Waals surface area (Å²) in [6.07, 6.45) is 0. The Morgan fingerprint density at radius 1 is 1.03 bits per heavy atom. The monoisotopic (exact) mass is 461 g/mol. The molecule has 2 heterocycles. The predicted molar refractivity (Wildman–Crippen MR) is 119 cm³/mol. The zero-order valence-electron chi connectivity index (χ0n) is 17.4. The summed E-state index contributed by atoms with van der Waals surface area (Å²) in [6.45, 7) is 5.69. The molecule has 0 N–H and O–H groups in total. The van der Waals surface area contributed by atoms with Crippen LogP contribution in [0.1, 0.15) is 19.9 Å². The number of ether oxygens (including phenoxy) is 1. The summed E-state index contributed by atoms with van der Waals surface area (Å²) in [7, 11) is -3.53. The molecule has 2 aromatic carbocycles. The molecule has 0 radical (unpaired) electrons. The van der Waals surface area contributed by atoms with Crippen molar-refractivity contribution in [2.45, 2.75) is 24.8 Å². The molecule has 0 unspecified atom stereocenters. The van der Waals surface area contributed by atoms with Crippen LogP contribution in [0.5, 0.6) is 0 Å². The fraction of sp³-hybridized carbons (Fsp3) is 0.318. The molecular weight excluding hydrogens is 437 g/mol. The number of aromatic nitrogens is 1. The van der Waals surface area contributed by atoms with E-state index in [0.717, 1.165) is 16.1 Å². The zero-order valence-corrected chi connectivity index (χ0v) is 19.0. The number of halogens is 1. The van der Waals surface area contributed by atoms with Gasteiger partial charge in [-0.1, -0.05) is 0 Å². The van der Waals surface area contributed by atoms with Gasteiger partial charge in [0.1, 0.15) is 5.82 Å². The van der Waals surface area contributed by atoms with Crippen molar-refractivity contribution in [1.82, 2.24) is 8.87 Å². The molecule has 0 aliphatic carbocycles. The van der Waals surface area contributed by atoms with E-state index in [0.29, 0.717) is 32.0 Å². The summed E-state index contributed by atoms with van der Waals surface area (Å²) in [5, 5.41) is 2.00. The number of thiazole rings is 1. The van der Waals surface area contributed by atoms with Crippen molar-refractivity contribution >= 4 is 27.0 Å². The second-order valence-electron chi connectivity index (χ2n) is 7.50. The molecule has 1 aromatic heterocycles. The summed E-state index contributed by atoms with van der Waals surface area (Å²) in [4.78, 5) is 5.78. The van der Waals surface area contributed by atoms with Crippen LogP contribution in [0.4, 0.5) is 10.1 Å². The third-order valence-corrected chi connectivity index (χ3v) is 7.82. The van der Waals surface area contributed by atoms with Gasteiger partial charge in [-0.25, -0.2) is 17.8 Å². The topological polar surface area (TPSA) is 63.9 Å². The maximum atomic E-state index is 13.3. The summed E-state index contributed by atoms with van der Waals surface area (Å²) >= 11 is 1.49. The number of morpholine rings is 1. The van der Waals surface area contributed by atoms with Crippen LogP contribution < -0.4 is 4.80 Å². The summed E-state index contributed by atoms with van der Waals surface area (Å²) in [5.74, 6) is -0.271. The lowest BCUT2D eigenvalue weighted by molar-refractivity contribution is 0.0730. The first-order valence-electron chi connectivity index (χ1n) is 10.0. The molecule has 3 aromatic rings. The van der Waals surface area contributed by atoms with Crippen molar-refractivity contribution in [2.75, 3.05) is 26.3 Å². The molecule has 31 heavy (non-hydrogen) atoms. The molecule has 0 bridgehead atoms. The lowest BCUT2D eigenvalue weighted by atomic mass is 10.1. The molecule has 6 nitrogen and oxygen atoms in total. The minimum absolute atomic E-state index is 0.144. The van der Waals surface area contributed by atoms with Crippen LogP contribution in [0.2, 0.25) is 0 Å². The van der Waals surface area contributed by atoms with E-state index in [4.69, 9.17) is 9.73 Å². The van der Waals surface area contributed by atoms with E-state index in [1.807, 2.05) is 5.38 Å². The van der Waals surface area contributed by atoms with Gasteiger partial charge >= 0.3 is 0 Å². The fourth-order valence-electron chi connectivity index (χ4n) is 3.47. The van der Waals surface area contributed by atoms with Gasteiger partial charge in [-0.3, -0.25) is 0 Å². The normalized spacial score (nSPS) is 16.2. The molecule has 0 atom stereocenters. The highest BCUT2D eigenvalue weighted by Crippen LogP contribution is 2.25. The molecule has 4 rings (SSSR count). The van der Waals surface area contributed by atoms with Crippen molar-refractivity contribution in [3.05, 3.63) is 64.5 Å². The summed E-state index contributed by atoms with van der Waals surface area (Å²) in [6, 6.07) is 13.2. The Hall–Kier alpha value is -2.33. The molecule has 1 saturated heterocycles. The van der Waals surface area contributed by atoms with Gasteiger partial charge in [-0.2, -0.15) is 4.31 Å². The van der Waals surface area contributed by atoms with Gasteiger partial charge in [-0.15, -0.1) is 11.3 Å². The van der Waals surface area contributed by atoms with E-state index in [1.54, 1.807) is 36.4 Å². The van der Waals surface area contributed by atoms with Gasteiger partial charge in [0, 0.05) is 24.5 Å². The van der Waals surface area contributed by atoms with Gasteiger partial charge in [-0.05, 0) is 67.9 Å². The average molecular weight is 462 g/mol. The van der Waals surface area contributed by atoms with Gasteiger partial charge in [0.15, 0.2) is 4.80 Å². The number of nitrogens with zero attached hydrogens (tertiary/aromatic N) is 3. The van der Waals surface area contributed by atoms with Crippen molar-refractivity contribution < 1.29 is 17.5 Å². The molecule has 0 saturated carbocycles. The van der Waals surface area contributed by atoms with Crippen LogP contribution in [0, 0.1) is 5.82 Å². The SMILES string of the molecule is CC(C)n1c(-c2ccc(F)cc2)csc1=Nc1ccc(S(=O)(=O)N2CCOCC2)cc1. The minimum Gasteiger partial charge on any atom is -0.379 e. The molecule has 0 spiro atoms. The van der Waals surface area contributed by atoms with Crippen molar-refractivity contribution in [3.8, 4) is 11.3 Å². The smallest absolute Gasteiger partial charge is 0.243 e. The highest BCUT2D eigenvalue weighted by atomic mass is 32.2. The second-order valence-corrected chi connectivity index (χ2v) is 10.3. The maximum Gasteiger partial charge on any atom is 0.243 e. The first-order valence-corrected chi connectivity index (χ1v) is 12.4. The second kappa shape index (κ2) is 9.04. The Kier molecular flexibility index (Phi) is 6.38. The zero-order chi connectivity index (χ0) is 22.0. The van der Waals surface area contributed by atoms with Gasteiger partial charge in [0.05, 0.1) is 29.5 Å². The predicted octanol–water partition coefficient (Wildman–Crippen LogP) is 4.19. The Morgan fingerprint density at radius 3 is 2.29 bits per heavy atom. The Labute approximate surface area is 185 Å². The Balaban J connectivity index is 1.67. The number of hydrogen-bond acceptors (Lipinski definition) is 5. The van der Waals surface area contributed by atoms with Crippen molar-refractivity contribution in [1.29, 1.82) is 0 Å². The molecule has 0 amide bonds. The van der Waals surface area contributed by atoms with E-state index >= 15 is 0 Å². The maximum absolute atomic E-state index is 13.3. The van der Waals surface area contributed by atoms with E-state index in [9.17, 15) is 12.8 Å². The summed E-state index contributed by atoms with van der Waals surface area (Å²) < 4.78 is 47.7. The fourth-order valence-corrected chi connectivity index (χ4v) is 5.93. The molecular formula is C22H24FN3O3S2. The van der Waals surface area contributed by atoms with Gasteiger partial charge < -0.3 is 9.30 Å². The van der Waals surface area contributed by atoms with Crippen LogP contribution in [0.15, 0.2) is 63.8 Å². The highest BCUT2D eigenvalue weighted by molar-refractivity contribution is 7.89. The minimum atomic E-state index is -3.53. The third kappa shape index (κ3) is 4.64. The third-order valence-electron chi connectivity index (χ3n) is 5.07. The first-order chi connectivity index (χ1) is 14.9. The number of benzene rings is 2. The number of rotatable bonds is 5. The molecule has 1 aliphatic rings. The lowest BCUT2D eigenvalue weighted by Gasteiger charge is -2.26. The molecule has 1 fully saturated rings. The van der Waals surface area contributed by atoms with E-state index in [2.05, 4.69) is 18.4 Å². The van der Waals surface area contributed by atoms with Gasteiger partial charge in [0.2, 0.25) is 10.0 Å². The van der Waals surface area contributed by atoms with E-state index in [-0.39, 0.29) is 16.8 Å². The van der Waals surface area contributed by atoms with Crippen molar-refractivity contribution in [3.63, 3.8) is 0 Å². The number of hydrogen-bond donors (Lipinski definition) is 0. The average Bonchev–Trinajstić information content (AvgIpc) is 3.19.